The predicted molar refractivity (Wildman–Crippen MR) is 151 cm³/mol. The van der Waals surface area contributed by atoms with Crippen molar-refractivity contribution in [2.75, 3.05) is 31.1 Å². The molecule has 9 nitrogen and oxygen atoms in total. The highest BCUT2D eigenvalue weighted by atomic mass is 32.2. The van der Waals surface area contributed by atoms with Crippen molar-refractivity contribution in [2.45, 2.75) is 37.3 Å². The van der Waals surface area contributed by atoms with Gasteiger partial charge in [-0.25, -0.2) is 8.42 Å². The average Bonchev–Trinajstić information content (AvgIpc) is 2.99. The number of hydrogen-bond acceptors (Lipinski definition) is 6. The van der Waals surface area contributed by atoms with E-state index < -0.39 is 16.1 Å². The van der Waals surface area contributed by atoms with Crippen molar-refractivity contribution in [3.63, 3.8) is 0 Å². The van der Waals surface area contributed by atoms with E-state index in [9.17, 15) is 18.0 Å². The van der Waals surface area contributed by atoms with Crippen LogP contribution in [-0.2, 0) is 26.2 Å². The molecule has 2 aliphatic heterocycles. The van der Waals surface area contributed by atoms with Gasteiger partial charge in [0.25, 0.3) is 11.8 Å². The van der Waals surface area contributed by atoms with Crippen LogP contribution in [0.5, 0.6) is 11.5 Å². The van der Waals surface area contributed by atoms with Gasteiger partial charge in [0, 0.05) is 19.6 Å². The number of piperidine rings is 1. The Morgan fingerprint density at radius 3 is 2.35 bits per heavy atom. The molecule has 0 aromatic heterocycles. The summed E-state index contributed by atoms with van der Waals surface area (Å²) in [5, 5.41) is 2.87. The van der Waals surface area contributed by atoms with Gasteiger partial charge in [-0.3, -0.25) is 9.59 Å². The summed E-state index contributed by atoms with van der Waals surface area (Å²) in [6.45, 7) is 3.26. The summed E-state index contributed by atoms with van der Waals surface area (Å²) in [4.78, 5) is 27.9. The van der Waals surface area contributed by atoms with E-state index in [4.69, 9.17) is 9.47 Å². The zero-order valence-electron chi connectivity index (χ0n) is 22.4. The van der Waals surface area contributed by atoms with E-state index >= 15 is 0 Å². The number of nitrogens with one attached hydrogen (secondary N) is 1. The molecule has 0 bridgehead atoms. The van der Waals surface area contributed by atoms with Crippen molar-refractivity contribution < 1.29 is 27.5 Å². The second kappa shape index (κ2) is 12.1. The lowest BCUT2D eigenvalue weighted by Crippen LogP contribution is -2.51. The highest BCUT2D eigenvalue weighted by Crippen LogP contribution is 2.33. The van der Waals surface area contributed by atoms with Crippen LogP contribution in [0.4, 0.5) is 5.69 Å². The highest BCUT2D eigenvalue weighted by molar-refractivity contribution is 7.89. The van der Waals surface area contributed by atoms with Crippen molar-refractivity contribution in [1.82, 2.24) is 9.62 Å². The fourth-order valence-corrected chi connectivity index (χ4v) is 6.28. The van der Waals surface area contributed by atoms with Crippen molar-refractivity contribution in [2.24, 2.45) is 5.92 Å². The molecule has 3 aromatic rings. The number of carbonyl (C=O) groups is 2. The van der Waals surface area contributed by atoms with E-state index in [2.05, 4.69) is 12.2 Å². The summed E-state index contributed by atoms with van der Waals surface area (Å²) in [6, 6.07) is 22.7. The third-order valence-corrected chi connectivity index (χ3v) is 9.16. The van der Waals surface area contributed by atoms with E-state index in [1.807, 2.05) is 30.3 Å². The fraction of sp³-hybridized carbons (Fsp3) is 0.333. The minimum absolute atomic E-state index is 0.0332. The third kappa shape index (κ3) is 6.29. The standard InChI is InChI=1S/C30H33N3O6S/c1-22-15-17-32(18-16-22)40(36,37)25-13-11-24(12-14-25)38-21-29(34)33-20-28(39-27-10-6-5-9-26(27)33)30(35)31-19-23-7-3-2-4-8-23/h2-14,22,28H,15-21H2,1H3,(H,31,35)/t28-/m1/s1. The van der Waals surface area contributed by atoms with Crippen molar-refractivity contribution >= 4 is 27.5 Å². The fourth-order valence-electron chi connectivity index (χ4n) is 4.81. The van der Waals surface area contributed by atoms with Crippen LogP contribution < -0.4 is 19.7 Å². The summed E-state index contributed by atoms with van der Waals surface area (Å²) in [5.74, 6) is 0.659. The zero-order chi connectivity index (χ0) is 28.1. The predicted octanol–water partition coefficient (Wildman–Crippen LogP) is 3.60. The number of sulfonamides is 1. The van der Waals surface area contributed by atoms with Gasteiger partial charge in [-0.05, 0) is 60.7 Å². The molecule has 210 valence electrons. The number of anilines is 1. The minimum Gasteiger partial charge on any atom is -0.484 e. The number of ether oxygens (including phenoxy) is 2. The second-order valence-corrected chi connectivity index (χ2v) is 12.1. The van der Waals surface area contributed by atoms with Gasteiger partial charge in [0.2, 0.25) is 10.0 Å². The molecule has 2 aliphatic rings. The summed E-state index contributed by atoms with van der Waals surface area (Å²) < 4.78 is 39.1. The van der Waals surface area contributed by atoms with E-state index in [0.717, 1.165) is 18.4 Å². The van der Waals surface area contributed by atoms with Crippen LogP contribution in [-0.4, -0.2) is 56.9 Å². The first-order chi connectivity index (χ1) is 19.3. The molecule has 5 rings (SSSR count). The Bertz CT molecular complexity index is 1440. The van der Waals surface area contributed by atoms with Crippen LogP contribution in [0.15, 0.2) is 83.8 Å². The summed E-state index contributed by atoms with van der Waals surface area (Å²) in [5.41, 5.74) is 1.51. The summed E-state index contributed by atoms with van der Waals surface area (Å²) >= 11 is 0. The van der Waals surface area contributed by atoms with Gasteiger partial charge in [0.15, 0.2) is 12.7 Å². The van der Waals surface area contributed by atoms with Crippen LogP contribution in [0.3, 0.4) is 0 Å². The maximum Gasteiger partial charge on any atom is 0.265 e. The quantitative estimate of drug-likeness (QED) is 0.449. The number of benzene rings is 3. The first-order valence-electron chi connectivity index (χ1n) is 13.4. The van der Waals surface area contributed by atoms with Crippen LogP contribution >= 0.6 is 0 Å². The normalized spacial score (nSPS) is 17.9. The molecule has 0 aliphatic carbocycles. The molecule has 0 spiro atoms. The monoisotopic (exact) mass is 563 g/mol. The van der Waals surface area contributed by atoms with Gasteiger partial charge in [0.05, 0.1) is 17.1 Å². The Labute approximate surface area is 234 Å². The molecule has 40 heavy (non-hydrogen) atoms. The van der Waals surface area contributed by atoms with Crippen molar-refractivity contribution in [1.29, 1.82) is 0 Å². The average molecular weight is 564 g/mol. The lowest BCUT2D eigenvalue weighted by atomic mass is 10.0. The SMILES string of the molecule is CC1CCN(S(=O)(=O)c2ccc(OCC(=O)N3C[C@H](C(=O)NCc4ccccc4)Oc4ccccc43)cc2)CC1. The Balaban J connectivity index is 1.21. The Kier molecular flexibility index (Phi) is 8.37. The van der Waals surface area contributed by atoms with E-state index in [1.54, 1.807) is 36.4 Å². The lowest BCUT2D eigenvalue weighted by molar-refractivity contribution is -0.128. The maximum absolute atomic E-state index is 13.3. The van der Waals surface area contributed by atoms with Gasteiger partial charge >= 0.3 is 0 Å². The largest absolute Gasteiger partial charge is 0.484 e. The van der Waals surface area contributed by atoms with Gasteiger partial charge in [-0.15, -0.1) is 0 Å². The Morgan fingerprint density at radius 2 is 1.62 bits per heavy atom. The zero-order valence-corrected chi connectivity index (χ0v) is 23.2. The number of amides is 2. The molecular weight excluding hydrogens is 530 g/mol. The highest BCUT2D eigenvalue weighted by Gasteiger charge is 2.34. The third-order valence-electron chi connectivity index (χ3n) is 7.24. The molecule has 1 fully saturated rings. The van der Waals surface area contributed by atoms with Gasteiger partial charge in [-0.2, -0.15) is 4.31 Å². The van der Waals surface area contributed by atoms with E-state index in [0.29, 0.717) is 42.7 Å². The number of carbonyl (C=O) groups excluding carboxylic acids is 2. The van der Waals surface area contributed by atoms with E-state index in [-0.39, 0.29) is 29.9 Å². The van der Waals surface area contributed by atoms with Gasteiger partial charge in [-0.1, -0.05) is 49.4 Å². The molecule has 0 saturated carbocycles. The molecule has 1 N–H and O–H groups in total. The minimum atomic E-state index is -3.57. The summed E-state index contributed by atoms with van der Waals surface area (Å²) in [7, 11) is -3.57. The van der Waals surface area contributed by atoms with Gasteiger partial charge < -0.3 is 19.7 Å². The molecule has 0 unspecified atom stereocenters. The van der Waals surface area contributed by atoms with Gasteiger partial charge in [0.1, 0.15) is 11.5 Å². The number of fused-ring (bicyclic) bond motifs is 1. The van der Waals surface area contributed by atoms with Crippen LogP contribution in [0.1, 0.15) is 25.3 Å². The maximum atomic E-state index is 13.3. The van der Waals surface area contributed by atoms with Crippen LogP contribution in [0.2, 0.25) is 0 Å². The number of rotatable bonds is 8. The lowest BCUT2D eigenvalue weighted by Gasteiger charge is -2.34. The van der Waals surface area contributed by atoms with E-state index in [1.165, 1.54) is 21.3 Å². The molecule has 2 heterocycles. The molecule has 10 heteroatoms. The Hall–Kier alpha value is -3.89. The molecule has 1 saturated heterocycles. The smallest absolute Gasteiger partial charge is 0.265 e. The molecule has 3 aromatic carbocycles. The number of para-hydroxylation sites is 2. The summed E-state index contributed by atoms with van der Waals surface area (Å²) in [6.07, 6.45) is 0.815. The first-order valence-corrected chi connectivity index (χ1v) is 14.9. The number of nitrogens with zero attached hydrogens (tertiary/aromatic N) is 2. The van der Waals surface area contributed by atoms with Crippen molar-refractivity contribution in [3.8, 4) is 11.5 Å². The number of hydrogen-bond donors (Lipinski definition) is 1. The molecule has 1 atom stereocenters. The molecule has 2 amide bonds. The van der Waals surface area contributed by atoms with Crippen LogP contribution in [0, 0.1) is 5.92 Å². The second-order valence-electron chi connectivity index (χ2n) is 10.1. The molecule has 0 radical (unpaired) electrons. The first kappa shape index (κ1) is 27.7. The Morgan fingerprint density at radius 1 is 0.950 bits per heavy atom. The molecular formula is C30H33N3O6S. The topological polar surface area (TPSA) is 105 Å². The van der Waals surface area contributed by atoms with Crippen LogP contribution in [0.25, 0.3) is 0 Å². The van der Waals surface area contributed by atoms with Crippen molar-refractivity contribution in [3.05, 3.63) is 84.4 Å².